The normalized spacial score (nSPS) is 10.4. The van der Waals surface area contributed by atoms with Crippen molar-refractivity contribution < 1.29 is 14.8 Å². The highest BCUT2D eigenvalue weighted by atomic mass is 32.2. The highest BCUT2D eigenvalue weighted by Gasteiger charge is 2.14. The number of benzene rings is 1. The van der Waals surface area contributed by atoms with Crippen molar-refractivity contribution >= 4 is 35.9 Å². The third kappa shape index (κ3) is 3.23. The van der Waals surface area contributed by atoms with Gasteiger partial charge in [0.15, 0.2) is 4.34 Å². The fraction of sp³-hybridized carbons (Fsp3) is 0.200. The number of thioether (sulfide) groups is 1. The average Bonchev–Trinajstić information content (AvgIpc) is 2.89. The fourth-order valence-electron chi connectivity index (χ4n) is 1.44. The van der Waals surface area contributed by atoms with Gasteiger partial charge < -0.3 is 14.8 Å². The van der Waals surface area contributed by atoms with Crippen molar-refractivity contribution in [2.75, 3.05) is 7.11 Å². The molecule has 0 bridgehead atoms. The zero-order valence-corrected chi connectivity index (χ0v) is 11.2. The first kappa shape index (κ1) is 13.3. The lowest BCUT2D eigenvalue weighted by Gasteiger charge is -2.09. The molecule has 8 heteroatoms. The van der Waals surface area contributed by atoms with Crippen LogP contribution in [0.1, 0.15) is 5.56 Å². The Morgan fingerprint density at radius 2 is 2.28 bits per heavy atom. The summed E-state index contributed by atoms with van der Waals surface area (Å²) in [6.07, 6.45) is 1.51. The molecule has 0 spiro atoms. The molecule has 0 saturated heterocycles. The molecule has 0 aliphatic heterocycles. The second-order valence-electron chi connectivity index (χ2n) is 3.44. The van der Waals surface area contributed by atoms with Crippen LogP contribution in [0.4, 0.5) is 0 Å². The van der Waals surface area contributed by atoms with Crippen molar-refractivity contribution in [2.24, 2.45) is 0 Å². The van der Waals surface area contributed by atoms with E-state index in [-0.39, 0.29) is 0 Å². The largest absolute Gasteiger partial charge is 0.496 e. The van der Waals surface area contributed by atoms with Gasteiger partial charge >= 0.3 is 7.12 Å². The fourth-order valence-corrected chi connectivity index (χ4v) is 2.86. The third-order valence-corrected chi connectivity index (χ3v) is 4.14. The lowest BCUT2D eigenvalue weighted by Crippen LogP contribution is -2.30. The van der Waals surface area contributed by atoms with Crippen LogP contribution >= 0.6 is 23.3 Å². The summed E-state index contributed by atoms with van der Waals surface area (Å²) in [5, 5.41) is 18.3. The predicted molar refractivity (Wildman–Crippen MR) is 72.3 cm³/mol. The van der Waals surface area contributed by atoms with Gasteiger partial charge in [0.1, 0.15) is 12.1 Å². The van der Waals surface area contributed by atoms with E-state index < -0.39 is 7.12 Å². The Balaban J connectivity index is 2.16. The van der Waals surface area contributed by atoms with E-state index in [4.69, 9.17) is 14.8 Å². The molecule has 2 aromatic rings. The Kier molecular flexibility index (Phi) is 4.59. The Hall–Kier alpha value is -1.09. The van der Waals surface area contributed by atoms with Gasteiger partial charge in [-0.25, -0.2) is 4.98 Å². The van der Waals surface area contributed by atoms with Gasteiger partial charge in [0.2, 0.25) is 0 Å². The molecule has 0 saturated carbocycles. The maximum atomic E-state index is 9.15. The Labute approximate surface area is 113 Å². The van der Waals surface area contributed by atoms with Gasteiger partial charge in [-0.15, -0.1) is 0 Å². The number of ether oxygens (including phenoxy) is 1. The average molecular weight is 282 g/mol. The number of rotatable bonds is 5. The standard InChI is InChI=1S/C10H11BN2O3S2/c1-16-9-3-2-8(11(14)15)4-7(9)5-17-10-12-6-13-18-10/h2-4,6,14-15H,5H2,1H3. The third-order valence-electron chi connectivity index (χ3n) is 2.29. The summed E-state index contributed by atoms with van der Waals surface area (Å²) in [4.78, 5) is 4.08. The van der Waals surface area contributed by atoms with Crippen LogP contribution < -0.4 is 10.2 Å². The van der Waals surface area contributed by atoms with Gasteiger partial charge in [-0.1, -0.05) is 23.9 Å². The summed E-state index contributed by atoms with van der Waals surface area (Å²) in [6, 6.07) is 5.07. The van der Waals surface area contributed by atoms with Gasteiger partial charge in [0.25, 0.3) is 0 Å². The van der Waals surface area contributed by atoms with Crippen molar-refractivity contribution in [3.8, 4) is 5.75 Å². The first-order chi connectivity index (χ1) is 8.70. The van der Waals surface area contributed by atoms with Gasteiger partial charge in [0, 0.05) is 11.3 Å². The summed E-state index contributed by atoms with van der Waals surface area (Å²) in [6.45, 7) is 0. The van der Waals surface area contributed by atoms with Crippen LogP contribution in [0.5, 0.6) is 5.75 Å². The molecule has 0 aliphatic carbocycles. The molecule has 0 amide bonds. The van der Waals surface area contributed by atoms with Crippen molar-refractivity contribution in [3.63, 3.8) is 0 Å². The Morgan fingerprint density at radius 3 is 2.89 bits per heavy atom. The second-order valence-corrected chi connectivity index (χ2v) is 5.44. The molecular weight excluding hydrogens is 271 g/mol. The number of hydrogen-bond donors (Lipinski definition) is 2. The van der Waals surface area contributed by atoms with Crippen LogP contribution in [0, 0.1) is 0 Å². The maximum Gasteiger partial charge on any atom is 0.488 e. The van der Waals surface area contributed by atoms with Gasteiger partial charge in [-0.3, -0.25) is 0 Å². The van der Waals surface area contributed by atoms with Crippen molar-refractivity contribution in [2.45, 2.75) is 10.1 Å². The molecule has 0 aliphatic rings. The van der Waals surface area contributed by atoms with E-state index in [0.29, 0.717) is 11.2 Å². The number of hydrogen-bond acceptors (Lipinski definition) is 7. The lowest BCUT2D eigenvalue weighted by atomic mass is 9.79. The van der Waals surface area contributed by atoms with Crippen LogP contribution in [0.15, 0.2) is 28.9 Å². The summed E-state index contributed by atoms with van der Waals surface area (Å²) < 4.78 is 10.0. The highest BCUT2D eigenvalue weighted by molar-refractivity contribution is 8.00. The molecule has 5 nitrogen and oxygen atoms in total. The molecule has 1 aromatic heterocycles. The lowest BCUT2D eigenvalue weighted by molar-refractivity contribution is 0.410. The van der Waals surface area contributed by atoms with Gasteiger partial charge in [0.05, 0.1) is 7.11 Å². The minimum Gasteiger partial charge on any atom is -0.496 e. The van der Waals surface area contributed by atoms with Crippen LogP contribution in [0.2, 0.25) is 0 Å². The van der Waals surface area contributed by atoms with Crippen molar-refractivity contribution in [1.82, 2.24) is 9.36 Å². The Bertz CT molecular complexity index is 508. The molecule has 0 atom stereocenters. The van der Waals surface area contributed by atoms with Crippen LogP contribution in [-0.2, 0) is 5.75 Å². The van der Waals surface area contributed by atoms with Crippen LogP contribution in [0.25, 0.3) is 0 Å². The van der Waals surface area contributed by atoms with E-state index >= 15 is 0 Å². The van der Waals surface area contributed by atoms with Crippen LogP contribution in [-0.4, -0.2) is 33.6 Å². The molecule has 1 heterocycles. The van der Waals surface area contributed by atoms with E-state index in [1.165, 1.54) is 29.6 Å². The zero-order chi connectivity index (χ0) is 13.0. The highest BCUT2D eigenvalue weighted by Crippen LogP contribution is 2.27. The summed E-state index contributed by atoms with van der Waals surface area (Å²) in [5.74, 6) is 1.36. The molecule has 1 aromatic carbocycles. The monoisotopic (exact) mass is 282 g/mol. The minimum absolute atomic E-state index is 0.448. The van der Waals surface area contributed by atoms with Crippen LogP contribution in [0.3, 0.4) is 0 Å². The summed E-state index contributed by atoms with van der Waals surface area (Å²) in [7, 11) is 0.116. The molecule has 2 rings (SSSR count). The molecule has 18 heavy (non-hydrogen) atoms. The van der Waals surface area contributed by atoms with E-state index in [2.05, 4.69) is 9.36 Å². The van der Waals surface area contributed by atoms with E-state index in [1.54, 1.807) is 25.3 Å². The molecule has 94 valence electrons. The topological polar surface area (TPSA) is 75.5 Å². The minimum atomic E-state index is -1.47. The van der Waals surface area contributed by atoms with Crippen molar-refractivity contribution in [1.29, 1.82) is 0 Å². The predicted octanol–water partition coefficient (Wildman–Crippen LogP) is 0.519. The molecule has 0 fully saturated rings. The number of aromatic nitrogens is 2. The summed E-state index contributed by atoms with van der Waals surface area (Å²) >= 11 is 2.86. The first-order valence-electron chi connectivity index (χ1n) is 5.13. The zero-order valence-electron chi connectivity index (χ0n) is 9.61. The molecule has 0 radical (unpaired) electrons. The molecular formula is C10H11BN2O3S2. The van der Waals surface area contributed by atoms with Crippen molar-refractivity contribution in [3.05, 3.63) is 30.1 Å². The second kappa shape index (κ2) is 6.19. The van der Waals surface area contributed by atoms with Gasteiger partial charge in [-0.05, 0) is 23.1 Å². The summed E-state index contributed by atoms with van der Waals surface area (Å²) in [5.41, 5.74) is 1.34. The van der Waals surface area contributed by atoms with E-state index in [1.807, 2.05) is 0 Å². The SMILES string of the molecule is COc1ccc(B(O)O)cc1CSc1ncns1. The molecule has 0 unspecified atom stereocenters. The smallest absolute Gasteiger partial charge is 0.488 e. The number of nitrogens with zero attached hydrogens (tertiary/aromatic N) is 2. The molecule has 2 N–H and O–H groups in total. The number of methoxy groups -OCH3 is 1. The quantitative estimate of drug-likeness (QED) is 0.615. The maximum absolute atomic E-state index is 9.15. The Morgan fingerprint density at radius 1 is 1.44 bits per heavy atom. The van der Waals surface area contributed by atoms with E-state index in [0.717, 1.165) is 15.7 Å². The first-order valence-corrected chi connectivity index (χ1v) is 6.89. The van der Waals surface area contributed by atoms with Gasteiger partial charge in [-0.2, -0.15) is 4.37 Å². The van der Waals surface area contributed by atoms with E-state index in [9.17, 15) is 0 Å².